The van der Waals surface area contributed by atoms with Crippen molar-refractivity contribution in [3.8, 4) is 0 Å². The predicted molar refractivity (Wildman–Crippen MR) is 91.6 cm³/mol. The molecule has 24 heavy (non-hydrogen) atoms. The SMILES string of the molecule is Cc1noc(C)c1S(=O)(=O)Nc1ccc(N2CCC(C)CC2)nc1. The van der Waals surface area contributed by atoms with Gasteiger partial charge in [-0.2, -0.15) is 0 Å². The maximum atomic E-state index is 12.5. The first-order chi connectivity index (χ1) is 11.4. The molecule has 7 nitrogen and oxygen atoms in total. The van der Waals surface area contributed by atoms with Crippen molar-refractivity contribution in [2.75, 3.05) is 22.7 Å². The van der Waals surface area contributed by atoms with Gasteiger partial charge in [0.1, 0.15) is 11.5 Å². The van der Waals surface area contributed by atoms with Crippen LogP contribution in [0.5, 0.6) is 0 Å². The van der Waals surface area contributed by atoms with E-state index in [0.717, 1.165) is 37.7 Å². The number of sulfonamides is 1. The Balaban J connectivity index is 1.75. The summed E-state index contributed by atoms with van der Waals surface area (Å²) in [4.78, 5) is 6.71. The van der Waals surface area contributed by atoms with Crippen LogP contribution in [0.3, 0.4) is 0 Å². The van der Waals surface area contributed by atoms with Gasteiger partial charge in [0.05, 0.1) is 11.9 Å². The van der Waals surface area contributed by atoms with Crippen LogP contribution in [-0.2, 0) is 10.0 Å². The van der Waals surface area contributed by atoms with E-state index in [-0.39, 0.29) is 10.7 Å². The molecule has 0 aliphatic carbocycles. The van der Waals surface area contributed by atoms with E-state index in [1.807, 2.05) is 6.07 Å². The summed E-state index contributed by atoms with van der Waals surface area (Å²) in [6, 6.07) is 3.58. The number of anilines is 2. The summed E-state index contributed by atoms with van der Waals surface area (Å²) in [5.74, 6) is 1.90. The minimum absolute atomic E-state index is 0.0802. The molecule has 8 heteroatoms. The summed E-state index contributed by atoms with van der Waals surface area (Å²) in [7, 11) is -3.74. The maximum Gasteiger partial charge on any atom is 0.267 e. The molecular weight excluding hydrogens is 328 g/mol. The van der Waals surface area contributed by atoms with Crippen LogP contribution in [0, 0.1) is 19.8 Å². The quantitative estimate of drug-likeness (QED) is 0.912. The topological polar surface area (TPSA) is 88.3 Å². The minimum atomic E-state index is -3.74. The van der Waals surface area contributed by atoms with Crippen LogP contribution in [0.2, 0.25) is 0 Å². The highest BCUT2D eigenvalue weighted by Crippen LogP contribution is 2.24. The number of aromatic nitrogens is 2. The van der Waals surface area contributed by atoms with Crippen molar-refractivity contribution < 1.29 is 12.9 Å². The predicted octanol–water partition coefficient (Wildman–Crippen LogP) is 2.72. The normalized spacial score (nSPS) is 16.4. The lowest BCUT2D eigenvalue weighted by atomic mass is 9.99. The van der Waals surface area contributed by atoms with E-state index in [9.17, 15) is 8.42 Å². The average Bonchev–Trinajstić information content (AvgIpc) is 2.88. The lowest BCUT2D eigenvalue weighted by molar-refractivity contribution is 0.390. The van der Waals surface area contributed by atoms with Gasteiger partial charge in [-0.3, -0.25) is 4.72 Å². The molecule has 0 amide bonds. The lowest BCUT2D eigenvalue weighted by Gasteiger charge is -2.31. The zero-order chi connectivity index (χ0) is 17.3. The molecule has 1 fully saturated rings. The number of piperidine rings is 1. The Hall–Kier alpha value is -2.09. The second kappa shape index (κ2) is 6.43. The average molecular weight is 350 g/mol. The van der Waals surface area contributed by atoms with Crippen LogP contribution in [-0.4, -0.2) is 31.6 Å². The smallest absolute Gasteiger partial charge is 0.267 e. The van der Waals surface area contributed by atoms with Crippen LogP contribution in [0.25, 0.3) is 0 Å². The third-order valence-corrected chi connectivity index (χ3v) is 5.97. The summed E-state index contributed by atoms with van der Waals surface area (Å²) < 4.78 is 32.4. The number of aryl methyl sites for hydroxylation is 2. The molecule has 1 N–H and O–H groups in total. The molecule has 3 heterocycles. The van der Waals surface area contributed by atoms with E-state index >= 15 is 0 Å². The number of hydrogen-bond acceptors (Lipinski definition) is 6. The summed E-state index contributed by atoms with van der Waals surface area (Å²) in [6.07, 6.45) is 3.85. The highest BCUT2D eigenvalue weighted by Gasteiger charge is 2.24. The molecule has 0 spiro atoms. The molecular formula is C16H22N4O3S. The molecule has 0 aromatic carbocycles. The summed E-state index contributed by atoms with van der Waals surface area (Å²) in [5, 5.41) is 3.69. The van der Waals surface area contributed by atoms with Crippen molar-refractivity contribution in [2.45, 2.75) is 38.5 Å². The number of hydrogen-bond donors (Lipinski definition) is 1. The van der Waals surface area contributed by atoms with Crippen molar-refractivity contribution in [3.63, 3.8) is 0 Å². The fourth-order valence-corrected chi connectivity index (χ4v) is 4.31. The lowest BCUT2D eigenvalue weighted by Crippen LogP contribution is -2.33. The highest BCUT2D eigenvalue weighted by molar-refractivity contribution is 7.92. The molecule has 2 aromatic heterocycles. The third kappa shape index (κ3) is 3.38. The second-order valence-corrected chi connectivity index (χ2v) is 7.95. The molecule has 0 radical (unpaired) electrons. The van der Waals surface area contributed by atoms with Crippen molar-refractivity contribution in [2.24, 2.45) is 5.92 Å². The van der Waals surface area contributed by atoms with Gasteiger partial charge < -0.3 is 9.42 Å². The van der Waals surface area contributed by atoms with Gasteiger partial charge in [-0.25, -0.2) is 13.4 Å². The van der Waals surface area contributed by atoms with Crippen LogP contribution < -0.4 is 9.62 Å². The van der Waals surface area contributed by atoms with Gasteiger partial charge >= 0.3 is 0 Å². The molecule has 0 saturated carbocycles. The van der Waals surface area contributed by atoms with Crippen LogP contribution >= 0.6 is 0 Å². The Kier molecular flexibility index (Phi) is 4.49. The second-order valence-electron chi connectivity index (χ2n) is 6.33. The third-order valence-electron chi connectivity index (χ3n) is 4.34. The Labute approximate surface area is 142 Å². The molecule has 1 aliphatic heterocycles. The molecule has 3 rings (SSSR count). The van der Waals surface area contributed by atoms with E-state index in [1.54, 1.807) is 26.1 Å². The van der Waals surface area contributed by atoms with Crippen LogP contribution in [0.15, 0.2) is 27.7 Å². The van der Waals surface area contributed by atoms with E-state index in [1.165, 1.54) is 0 Å². The summed E-state index contributed by atoms with van der Waals surface area (Å²) in [6.45, 7) is 7.41. The largest absolute Gasteiger partial charge is 0.360 e. The molecule has 130 valence electrons. The zero-order valence-corrected chi connectivity index (χ0v) is 14.9. The Morgan fingerprint density at radius 1 is 1.25 bits per heavy atom. The van der Waals surface area contributed by atoms with E-state index in [2.05, 4.69) is 26.7 Å². The molecule has 0 unspecified atom stereocenters. The first-order valence-corrected chi connectivity index (χ1v) is 9.52. The van der Waals surface area contributed by atoms with Crippen LogP contribution in [0.4, 0.5) is 11.5 Å². The first kappa shape index (κ1) is 16.8. The van der Waals surface area contributed by atoms with E-state index in [4.69, 9.17) is 4.52 Å². The van der Waals surface area contributed by atoms with Gasteiger partial charge in [0.2, 0.25) is 0 Å². The number of nitrogens with zero attached hydrogens (tertiary/aromatic N) is 3. The maximum absolute atomic E-state index is 12.5. The van der Waals surface area contributed by atoms with Crippen molar-refractivity contribution in [1.29, 1.82) is 0 Å². The Morgan fingerprint density at radius 3 is 2.50 bits per heavy atom. The molecule has 1 saturated heterocycles. The molecule has 2 aromatic rings. The van der Waals surface area contributed by atoms with Gasteiger partial charge in [-0.1, -0.05) is 12.1 Å². The molecule has 0 bridgehead atoms. The fourth-order valence-electron chi connectivity index (χ4n) is 2.94. The van der Waals surface area contributed by atoms with Gasteiger partial charge in [-0.05, 0) is 44.7 Å². The monoisotopic (exact) mass is 350 g/mol. The van der Waals surface area contributed by atoms with Crippen molar-refractivity contribution in [3.05, 3.63) is 29.8 Å². The Morgan fingerprint density at radius 2 is 1.96 bits per heavy atom. The van der Waals surface area contributed by atoms with Crippen molar-refractivity contribution >= 4 is 21.5 Å². The Bertz CT molecular complexity index is 787. The minimum Gasteiger partial charge on any atom is -0.360 e. The fraction of sp³-hybridized carbons (Fsp3) is 0.500. The zero-order valence-electron chi connectivity index (χ0n) is 14.1. The number of rotatable bonds is 4. The van der Waals surface area contributed by atoms with Gasteiger partial charge in [0.25, 0.3) is 10.0 Å². The number of nitrogens with one attached hydrogen (secondary N) is 1. The van der Waals surface area contributed by atoms with Crippen molar-refractivity contribution in [1.82, 2.24) is 10.1 Å². The molecule has 1 aliphatic rings. The van der Waals surface area contributed by atoms with E-state index in [0.29, 0.717) is 11.4 Å². The first-order valence-electron chi connectivity index (χ1n) is 8.03. The van der Waals surface area contributed by atoms with Gasteiger partial charge in [-0.15, -0.1) is 0 Å². The van der Waals surface area contributed by atoms with Gasteiger partial charge in [0.15, 0.2) is 10.7 Å². The van der Waals surface area contributed by atoms with Crippen LogP contribution in [0.1, 0.15) is 31.2 Å². The molecule has 0 atom stereocenters. The standard InChI is InChI=1S/C16H22N4O3S/c1-11-6-8-20(9-7-11)15-5-4-14(10-17-15)19-24(21,22)16-12(2)18-23-13(16)3/h4-5,10-11,19H,6-9H2,1-3H3. The summed E-state index contributed by atoms with van der Waals surface area (Å²) in [5.41, 5.74) is 0.760. The summed E-state index contributed by atoms with van der Waals surface area (Å²) >= 11 is 0. The highest BCUT2D eigenvalue weighted by atomic mass is 32.2. The number of pyridine rings is 1. The van der Waals surface area contributed by atoms with Gasteiger partial charge in [0, 0.05) is 13.1 Å². The van der Waals surface area contributed by atoms with E-state index < -0.39 is 10.0 Å².